The summed E-state index contributed by atoms with van der Waals surface area (Å²) in [6.45, 7) is 27.1. The molecule has 0 radical (unpaired) electrons. The first kappa shape index (κ1) is 38.0. The second kappa shape index (κ2) is 17.1. The second-order valence-electron chi connectivity index (χ2n) is 12.2. The Kier molecular flexibility index (Phi) is 13.3. The van der Waals surface area contributed by atoms with E-state index >= 15 is 4.39 Å². The molecule has 49 heavy (non-hydrogen) atoms. The van der Waals surface area contributed by atoms with Gasteiger partial charge in [-0.2, -0.15) is 5.10 Å². The molecule has 0 bridgehead atoms. The maximum atomic E-state index is 16.4. The molecular weight excluding hydrogens is 618 g/mol. The minimum Gasteiger partial charge on any atom is -0.358 e. The highest BCUT2D eigenvalue weighted by molar-refractivity contribution is 5.95. The van der Waals surface area contributed by atoms with Crippen LogP contribution in [-0.2, 0) is 6.54 Å². The van der Waals surface area contributed by atoms with Crippen molar-refractivity contribution in [1.82, 2.24) is 35.5 Å². The fourth-order valence-electron chi connectivity index (χ4n) is 5.17. The third kappa shape index (κ3) is 9.56. The Bertz CT molecular complexity index is 2090. The van der Waals surface area contributed by atoms with Crippen LogP contribution in [0, 0.1) is 11.2 Å². The van der Waals surface area contributed by atoms with Crippen molar-refractivity contribution in [3.8, 4) is 22.6 Å². The van der Waals surface area contributed by atoms with Gasteiger partial charge in [0.05, 0.1) is 39.7 Å². The van der Waals surface area contributed by atoms with Crippen LogP contribution in [0.4, 0.5) is 14.5 Å². The SMILES string of the molecule is C=C(CC(C)(C)C)Nc1cncc(C(=C)/C(F)=c2/c(-c3nc4c(-c5cc(F)cc(CNC)c5)cncc4[nH]3)n[nH]/c2=C/C)c1.C=C=C.CC. The Morgan fingerprint density at radius 3 is 2.37 bits per heavy atom. The van der Waals surface area contributed by atoms with Crippen LogP contribution in [0.2, 0.25) is 0 Å². The summed E-state index contributed by atoms with van der Waals surface area (Å²) in [4.78, 5) is 16.7. The zero-order valence-corrected chi connectivity index (χ0v) is 29.5. The number of hydrogen-bond acceptors (Lipinski definition) is 6. The Hall–Kier alpha value is -5.44. The first-order chi connectivity index (χ1) is 23.4. The smallest absolute Gasteiger partial charge is 0.159 e. The van der Waals surface area contributed by atoms with E-state index in [0.29, 0.717) is 51.1 Å². The predicted octanol–water partition coefficient (Wildman–Crippen LogP) is 8.21. The summed E-state index contributed by atoms with van der Waals surface area (Å²) in [6, 6.07) is 6.61. The van der Waals surface area contributed by atoms with Gasteiger partial charge in [0, 0.05) is 41.3 Å². The van der Waals surface area contributed by atoms with Crippen molar-refractivity contribution >= 4 is 34.2 Å². The van der Waals surface area contributed by atoms with Gasteiger partial charge < -0.3 is 15.6 Å². The van der Waals surface area contributed by atoms with Crippen LogP contribution in [0.15, 0.2) is 86.8 Å². The molecule has 0 saturated carbocycles. The minimum atomic E-state index is -0.574. The van der Waals surface area contributed by atoms with E-state index in [2.05, 4.69) is 88.6 Å². The van der Waals surface area contributed by atoms with Crippen molar-refractivity contribution < 1.29 is 8.78 Å². The summed E-state index contributed by atoms with van der Waals surface area (Å²) in [5, 5.41) is 14.3. The van der Waals surface area contributed by atoms with Crippen molar-refractivity contribution in [2.45, 2.75) is 54.5 Å². The standard InChI is InChI=1S/C34H36F2N8.C3H4.C2H6/c1-8-27-29(30(36)20(3)23-12-25(16-38-15-23)40-19(2)13-34(4,5)6)32(44-43-27)33-41-28-18-39-17-26(31(28)42-33)22-9-21(14-37-7)10-24(35)11-22;1-3-2;1-2/h8-12,15-18,37,40,43H,2-3,13-14H2,1,4-7H3,(H,41,42);1-2H2;1-2H3/b27-8+,30-29-;;. The van der Waals surface area contributed by atoms with Gasteiger partial charge in [0.15, 0.2) is 5.82 Å². The fraction of sp³-hybridized carbons (Fsp3) is 0.256. The van der Waals surface area contributed by atoms with Gasteiger partial charge in [-0.05, 0) is 61.2 Å². The van der Waals surface area contributed by atoms with Crippen molar-refractivity contribution in [2.75, 3.05) is 12.4 Å². The van der Waals surface area contributed by atoms with Gasteiger partial charge in [0.1, 0.15) is 17.3 Å². The molecule has 0 fully saturated rings. The van der Waals surface area contributed by atoms with E-state index < -0.39 is 5.83 Å². The van der Waals surface area contributed by atoms with Crippen LogP contribution in [0.3, 0.4) is 0 Å². The molecule has 5 aromatic rings. The highest BCUT2D eigenvalue weighted by atomic mass is 19.1. The third-order valence-electron chi connectivity index (χ3n) is 6.99. The molecule has 10 heteroatoms. The molecule has 0 spiro atoms. The van der Waals surface area contributed by atoms with E-state index in [-0.39, 0.29) is 27.7 Å². The number of H-pyrrole nitrogens is 2. The summed E-state index contributed by atoms with van der Waals surface area (Å²) < 4.78 is 30.9. The largest absolute Gasteiger partial charge is 0.358 e. The molecule has 8 nitrogen and oxygen atoms in total. The number of aromatic nitrogens is 6. The Morgan fingerprint density at radius 2 is 1.71 bits per heavy atom. The lowest BCUT2D eigenvalue weighted by Crippen LogP contribution is -2.26. The van der Waals surface area contributed by atoms with E-state index in [4.69, 9.17) is 4.98 Å². The lowest BCUT2D eigenvalue weighted by atomic mass is 9.91. The molecule has 0 atom stereocenters. The Morgan fingerprint density at radius 1 is 1.02 bits per heavy atom. The summed E-state index contributed by atoms with van der Waals surface area (Å²) in [5.74, 6) is -0.605. The predicted molar refractivity (Wildman–Crippen MR) is 200 cm³/mol. The molecule has 0 aliphatic carbocycles. The monoisotopic (exact) mass is 664 g/mol. The first-order valence-electron chi connectivity index (χ1n) is 16.0. The van der Waals surface area contributed by atoms with E-state index in [1.54, 1.807) is 50.9 Å². The molecule has 256 valence electrons. The number of rotatable bonds is 9. The van der Waals surface area contributed by atoms with Gasteiger partial charge in [-0.3, -0.25) is 15.1 Å². The summed E-state index contributed by atoms with van der Waals surface area (Å²) >= 11 is 0. The van der Waals surface area contributed by atoms with Gasteiger partial charge in [-0.1, -0.05) is 67.0 Å². The van der Waals surface area contributed by atoms with Crippen molar-refractivity contribution in [3.63, 3.8) is 0 Å². The maximum absolute atomic E-state index is 16.4. The summed E-state index contributed by atoms with van der Waals surface area (Å²) in [6.07, 6.45) is 8.99. The van der Waals surface area contributed by atoms with E-state index in [9.17, 15) is 4.39 Å². The van der Waals surface area contributed by atoms with Crippen LogP contribution in [0.5, 0.6) is 0 Å². The fourth-order valence-corrected chi connectivity index (χ4v) is 5.17. The maximum Gasteiger partial charge on any atom is 0.159 e. The number of benzene rings is 1. The molecular formula is C39H46F2N8. The number of allylic oxidation sites excluding steroid dienone is 2. The van der Waals surface area contributed by atoms with Crippen molar-refractivity contribution in [1.29, 1.82) is 0 Å². The van der Waals surface area contributed by atoms with Gasteiger partial charge >= 0.3 is 0 Å². The number of pyridine rings is 2. The summed E-state index contributed by atoms with van der Waals surface area (Å²) in [7, 11) is 1.80. The molecule has 4 heterocycles. The highest BCUT2D eigenvalue weighted by Crippen LogP contribution is 2.30. The van der Waals surface area contributed by atoms with Crippen molar-refractivity contribution in [2.24, 2.45) is 5.41 Å². The molecule has 4 N–H and O–H groups in total. The third-order valence-corrected chi connectivity index (χ3v) is 6.99. The number of anilines is 1. The zero-order chi connectivity index (χ0) is 36.3. The topological polar surface area (TPSA) is 107 Å². The molecule has 0 saturated heterocycles. The van der Waals surface area contributed by atoms with Crippen LogP contribution in [0.25, 0.3) is 51.2 Å². The number of hydrogen-bond donors (Lipinski definition) is 4. The zero-order valence-electron chi connectivity index (χ0n) is 29.5. The number of nitrogens with zero attached hydrogens (tertiary/aromatic N) is 4. The normalized spacial score (nSPS) is 11.9. The van der Waals surface area contributed by atoms with Gasteiger partial charge in [-0.15, -0.1) is 5.73 Å². The molecule has 1 aromatic carbocycles. The highest BCUT2D eigenvalue weighted by Gasteiger charge is 2.19. The van der Waals surface area contributed by atoms with Crippen LogP contribution in [-0.4, -0.2) is 37.2 Å². The molecule has 0 aliphatic rings. The number of aromatic amines is 2. The van der Waals surface area contributed by atoms with E-state index in [1.807, 2.05) is 19.9 Å². The lowest BCUT2D eigenvalue weighted by Gasteiger charge is -2.20. The number of imidazole rings is 1. The van der Waals surface area contributed by atoms with Gasteiger partial charge in [0.2, 0.25) is 0 Å². The summed E-state index contributed by atoms with van der Waals surface area (Å²) in [5.41, 5.74) is 7.97. The van der Waals surface area contributed by atoms with E-state index in [0.717, 1.165) is 17.7 Å². The molecule has 0 amide bonds. The molecule has 0 aliphatic heterocycles. The minimum absolute atomic E-state index is 0.0591. The number of nitrogens with one attached hydrogen (secondary N) is 4. The van der Waals surface area contributed by atoms with Crippen LogP contribution < -0.4 is 21.2 Å². The average molecular weight is 665 g/mol. The Labute approximate surface area is 287 Å². The molecule has 5 rings (SSSR count). The quantitative estimate of drug-likeness (QED) is 0.118. The second-order valence-corrected chi connectivity index (χ2v) is 12.2. The average Bonchev–Trinajstić information content (AvgIpc) is 3.69. The molecule has 4 aromatic heterocycles. The van der Waals surface area contributed by atoms with Crippen LogP contribution in [0.1, 0.15) is 59.1 Å². The lowest BCUT2D eigenvalue weighted by molar-refractivity contribution is 0.411. The van der Waals surface area contributed by atoms with Gasteiger partial charge in [-0.25, -0.2) is 13.8 Å². The number of halogens is 2. The first-order valence-corrected chi connectivity index (χ1v) is 16.0. The number of fused-ring (bicyclic) bond motifs is 1. The Balaban J connectivity index is 0.00000123. The van der Waals surface area contributed by atoms with E-state index in [1.165, 1.54) is 12.1 Å². The van der Waals surface area contributed by atoms with Crippen LogP contribution >= 0.6 is 0 Å². The van der Waals surface area contributed by atoms with Gasteiger partial charge in [0.25, 0.3) is 0 Å². The molecule has 0 unspecified atom stereocenters. The van der Waals surface area contributed by atoms with Crippen molar-refractivity contribution in [3.05, 3.63) is 114 Å².